The minimum Gasteiger partial charge on any atom is -0.496 e. The zero-order chi connectivity index (χ0) is 27.0. The fourth-order valence-electron chi connectivity index (χ4n) is 9.19. The summed E-state index contributed by atoms with van der Waals surface area (Å²) in [5.74, 6) is 1.91. The lowest BCUT2D eigenvalue weighted by Gasteiger charge is -2.66. The van der Waals surface area contributed by atoms with Crippen LogP contribution in [0.2, 0.25) is 10.0 Å². The van der Waals surface area contributed by atoms with Gasteiger partial charge in [0.2, 0.25) is 0 Å². The third kappa shape index (κ3) is 3.64. The average Bonchev–Trinajstić information content (AvgIpc) is 3.19. The fourth-order valence-corrected chi connectivity index (χ4v) is 9.78. The Balaban J connectivity index is 1.47. The highest BCUT2D eigenvalue weighted by Crippen LogP contribution is 2.73. The number of carbonyl (C=O) groups is 1. The second-order valence-electron chi connectivity index (χ2n) is 12.7. The third-order valence-corrected chi connectivity index (χ3v) is 11.2. The Bertz CT molecular complexity index is 1450. The van der Waals surface area contributed by atoms with Crippen LogP contribution in [0, 0.1) is 28.6 Å². The van der Waals surface area contributed by atoms with E-state index < -0.39 is 5.60 Å². The molecular weight excluding hydrogens is 515 g/mol. The van der Waals surface area contributed by atoms with Gasteiger partial charge in [-0.15, -0.1) is 0 Å². The molecule has 0 N–H and O–H groups in total. The van der Waals surface area contributed by atoms with Crippen LogP contribution in [0.5, 0.6) is 5.75 Å². The van der Waals surface area contributed by atoms with E-state index in [0.29, 0.717) is 44.7 Å². The molecule has 0 unspecified atom stereocenters. The topological polar surface area (TPSA) is 35.5 Å². The van der Waals surface area contributed by atoms with Gasteiger partial charge >= 0.3 is 5.97 Å². The van der Waals surface area contributed by atoms with Crippen molar-refractivity contribution < 1.29 is 14.3 Å². The van der Waals surface area contributed by atoms with Crippen molar-refractivity contribution in [2.75, 3.05) is 7.11 Å². The molecule has 4 saturated carbocycles. The summed E-state index contributed by atoms with van der Waals surface area (Å²) >= 11 is 13.4. The highest BCUT2D eigenvalue weighted by atomic mass is 35.5. The Hall–Kier alpha value is -2.23. The van der Waals surface area contributed by atoms with Crippen LogP contribution >= 0.6 is 23.2 Å². The van der Waals surface area contributed by atoms with E-state index in [4.69, 9.17) is 32.7 Å². The number of ether oxygens (including phenoxy) is 2. The van der Waals surface area contributed by atoms with Gasteiger partial charge in [-0.2, -0.15) is 0 Å². The molecule has 3 aromatic rings. The standard InChI is InChI=1S/C33H36Cl2O3/c1-19-10-13-27-31(2,3)26-14-15-33(19,27)18-32(26,4)38-30(36)23-16-21(34)17-24(35)28(23)29-22-9-7-6-8-20(22)11-12-25(29)37-5/h6-9,11-12,16-17,19,26-27H,10,13-15,18H2,1-5H3/t19-,26+,27-,32+,33+/m0/s1. The van der Waals surface area contributed by atoms with Crippen molar-refractivity contribution >= 4 is 39.9 Å². The Kier molecular flexibility index (Phi) is 6.09. The first kappa shape index (κ1) is 26.0. The van der Waals surface area contributed by atoms with Gasteiger partial charge in [-0.25, -0.2) is 4.79 Å². The van der Waals surface area contributed by atoms with Crippen molar-refractivity contribution in [3.05, 3.63) is 64.1 Å². The van der Waals surface area contributed by atoms with E-state index in [0.717, 1.165) is 29.2 Å². The number of rotatable bonds is 4. The van der Waals surface area contributed by atoms with E-state index in [1.54, 1.807) is 19.2 Å². The Morgan fingerprint density at radius 3 is 2.47 bits per heavy atom. The molecule has 7 rings (SSSR count). The number of carbonyl (C=O) groups excluding carboxylic acids is 1. The van der Waals surface area contributed by atoms with Crippen molar-refractivity contribution in [2.45, 2.75) is 65.4 Å². The van der Waals surface area contributed by atoms with E-state index in [2.05, 4.69) is 27.7 Å². The highest BCUT2D eigenvalue weighted by Gasteiger charge is 2.68. The SMILES string of the molecule is COc1ccc2ccccc2c1-c1c(Cl)cc(Cl)cc1C(=O)O[C@]1(C)C[C@@]23CC[C@@H]1C(C)(C)[C@@H]2CC[C@@H]3C. The molecule has 1 spiro atoms. The summed E-state index contributed by atoms with van der Waals surface area (Å²) in [5.41, 5.74) is 1.56. The van der Waals surface area contributed by atoms with E-state index in [1.807, 2.05) is 36.4 Å². The quantitative estimate of drug-likeness (QED) is 0.303. The smallest absolute Gasteiger partial charge is 0.339 e. The minimum absolute atomic E-state index is 0.115. The van der Waals surface area contributed by atoms with Crippen LogP contribution in [0.15, 0.2) is 48.5 Å². The maximum absolute atomic E-state index is 14.2. The van der Waals surface area contributed by atoms with Gasteiger partial charge in [0, 0.05) is 22.1 Å². The predicted molar refractivity (Wildman–Crippen MR) is 155 cm³/mol. The number of hydrogen-bond donors (Lipinski definition) is 0. The Labute approximate surface area is 235 Å². The number of benzene rings is 3. The van der Waals surface area contributed by atoms with Crippen LogP contribution in [0.1, 0.15) is 70.2 Å². The molecule has 3 nitrogen and oxygen atoms in total. The number of fused-ring (bicyclic) bond motifs is 3. The van der Waals surface area contributed by atoms with Crippen LogP contribution in [0.3, 0.4) is 0 Å². The van der Waals surface area contributed by atoms with Crippen LogP contribution < -0.4 is 4.74 Å². The second kappa shape index (κ2) is 8.89. The summed E-state index contributed by atoms with van der Waals surface area (Å²) in [6.07, 6.45) is 5.80. The van der Waals surface area contributed by atoms with Gasteiger partial charge in [0.15, 0.2) is 0 Å². The van der Waals surface area contributed by atoms with Gasteiger partial charge in [-0.3, -0.25) is 0 Å². The van der Waals surface area contributed by atoms with E-state index >= 15 is 0 Å². The van der Waals surface area contributed by atoms with Gasteiger partial charge < -0.3 is 9.47 Å². The molecule has 4 aliphatic rings. The molecule has 0 heterocycles. The molecule has 5 atom stereocenters. The third-order valence-electron chi connectivity index (χ3n) is 10.6. The summed E-state index contributed by atoms with van der Waals surface area (Å²) in [7, 11) is 1.63. The molecular formula is C33H36Cl2O3. The highest BCUT2D eigenvalue weighted by molar-refractivity contribution is 6.38. The van der Waals surface area contributed by atoms with Crippen molar-refractivity contribution in [3.8, 4) is 16.9 Å². The van der Waals surface area contributed by atoms with Gasteiger partial charge in [-0.1, -0.05) is 74.3 Å². The number of halogens is 2. The zero-order valence-electron chi connectivity index (χ0n) is 22.9. The molecule has 38 heavy (non-hydrogen) atoms. The number of methoxy groups -OCH3 is 1. The zero-order valence-corrected chi connectivity index (χ0v) is 24.4. The minimum atomic E-state index is -0.553. The molecule has 2 bridgehead atoms. The summed E-state index contributed by atoms with van der Waals surface area (Å²) in [6, 6.07) is 15.4. The first-order valence-corrected chi connectivity index (χ1v) is 14.6. The fraction of sp³-hybridized carbons (Fsp3) is 0.485. The maximum atomic E-state index is 14.2. The molecule has 200 valence electrons. The average molecular weight is 552 g/mol. The van der Waals surface area contributed by atoms with Gasteiger partial charge in [0.1, 0.15) is 11.4 Å². The lowest BCUT2D eigenvalue weighted by atomic mass is 9.41. The normalized spacial score (nSPS) is 31.3. The number of hydrogen-bond acceptors (Lipinski definition) is 3. The summed E-state index contributed by atoms with van der Waals surface area (Å²) in [6.45, 7) is 9.39. The van der Waals surface area contributed by atoms with E-state index in [1.165, 1.54) is 19.3 Å². The molecule has 4 fully saturated rings. The monoisotopic (exact) mass is 550 g/mol. The second-order valence-corrected chi connectivity index (χ2v) is 13.6. The molecule has 0 radical (unpaired) electrons. The van der Waals surface area contributed by atoms with Crippen molar-refractivity contribution in [2.24, 2.45) is 28.6 Å². The van der Waals surface area contributed by atoms with Crippen LogP contribution in [0.4, 0.5) is 0 Å². The molecule has 3 aromatic carbocycles. The Morgan fingerprint density at radius 1 is 0.947 bits per heavy atom. The molecule has 0 aliphatic heterocycles. The van der Waals surface area contributed by atoms with Crippen LogP contribution in [-0.4, -0.2) is 18.7 Å². The summed E-state index contributed by atoms with van der Waals surface area (Å²) in [5, 5.41) is 2.80. The van der Waals surface area contributed by atoms with Crippen LogP contribution in [0.25, 0.3) is 21.9 Å². The van der Waals surface area contributed by atoms with Gasteiger partial charge in [0.05, 0.1) is 17.7 Å². The molecule has 5 heteroatoms. The summed E-state index contributed by atoms with van der Waals surface area (Å²) in [4.78, 5) is 14.2. The first-order chi connectivity index (χ1) is 18.0. The molecule has 4 aliphatic carbocycles. The molecule has 0 aromatic heterocycles. The van der Waals surface area contributed by atoms with Crippen molar-refractivity contribution in [1.29, 1.82) is 0 Å². The van der Waals surface area contributed by atoms with Crippen LogP contribution in [-0.2, 0) is 4.74 Å². The van der Waals surface area contributed by atoms with E-state index in [9.17, 15) is 4.79 Å². The van der Waals surface area contributed by atoms with E-state index in [-0.39, 0.29) is 16.8 Å². The largest absolute Gasteiger partial charge is 0.496 e. The lowest BCUT2D eigenvalue weighted by molar-refractivity contribution is -0.217. The van der Waals surface area contributed by atoms with Crippen molar-refractivity contribution in [3.63, 3.8) is 0 Å². The summed E-state index contributed by atoms with van der Waals surface area (Å²) < 4.78 is 12.4. The molecule has 0 amide bonds. The van der Waals surface area contributed by atoms with Crippen molar-refractivity contribution in [1.82, 2.24) is 0 Å². The first-order valence-electron chi connectivity index (χ1n) is 13.8. The maximum Gasteiger partial charge on any atom is 0.339 e. The predicted octanol–water partition coefficient (Wildman–Crippen LogP) is 9.61. The lowest BCUT2D eigenvalue weighted by Crippen LogP contribution is -2.64. The molecule has 0 saturated heterocycles. The number of esters is 1. The Morgan fingerprint density at radius 2 is 1.71 bits per heavy atom. The van der Waals surface area contributed by atoms with Gasteiger partial charge in [-0.05, 0) is 90.7 Å². The van der Waals surface area contributed by atoms with Gasteiger partial charge in [0.25, 0.3) is 0 Å².